The zero-order valence-electron chi connectivity index (χ0n) is 17.5. The van der Waals surface area contributed by atoms with Gasteiger partial charge in [0.15, 0.2) is 5.96 Å². The molecule has 1 unspecified atom stereocenters. The number of benzene rings is 1. The van der Waals surface area contributed by atoms with Crippen molar-refractivity contribution in [2.45, 2.75) is 19.1 Å². The number of ether oxygens (including phenoxy) is 2. The van der Waals surface area contributed by atoms with Crippen molar-refractivity contribution in [2.75, 3.05) is 53.0 Å². The van der Waals surface area contributed by atoms with Gasteiger partial charge in [-0.3, -0.25) is 9.89 Å². The molecule has 0 bridgehead atoms. The molecule has 1 saturated heterocycles. The maximum Gasteiger partial charge on any atom is 0.191 e. The molecule has 0 spiro atoms. The third kappa shape index (κ3) is 7.32. The second kappa shape index (κ2) is 12.6. The van der Waals surface area contributed by atoms with E-state index in [2.05, 4.69) is 26.6 Å². The fourth-order valence-corrected chi connectivity index (χ4v) is 3.62. The Hall–Kier alpha value is -2.06. The zero-order valence-corrected chi connectivity index (χ0v) is 18.2. The van der Waals surface area contributed by atoms with E-state index in [4.69, 9.17) is 25.5 Å². The highest BCUT2D eigenvalue weighted by atomic mass is 35.5. The van der Waals surface area contributed by atoms with Crippen LogP contribution in [0.15, 0.2) is 52.1 Å². The van der Waals surface area contributed by atoms with Crippen LogP contribution in [0.3, 0.4) is 0 Å². The van der Waals surface area contributed by atoms with Crippen LogP contribution in [0, 0.1) is 0 Å². The predicted octanol–water partition coefficient (Wildman–Crippen LogP) is 3.08. The predicted molar refractivity (Wildman–Crippen MR) is 119 cm³/mol. The SMILES string of the molecule is CN=C(NCCCOCc1ccco1)NCC(c1cccc(Cl)c1)N1CCOCC1. The van der Waals surface area contributed by atoms with Crippen molar-refractivity contribution in [3.63, 3.8) is 0 Å². The molecule has 2 aromatic rings. The summed E-state index contributed by atoms with van der Waals surface area (Å²) in [7, 11) is 1.78. The summed E-state index contributed by atoms with van der Waals surface area (Å²) < 4.78 is 16.4. The summed E-state index contributed by atoms with van der Waals surface area (Å²) >= 11 is 6.24. The molecule has 1 aliphatic heterocycles. The molecular formula is C22H31ClN4O3. The number of furan rings is 1. The molecule has 0 saturated carbocycles. The third-order valence-electron chi connectivity index (χ3n) is 4.99. The highest BCUT2D eigenvalue weighted by Gasteiger charge is 2.23. The molecule has 3 rings (SSSR count). The Kier molecular flexibility index (Phi) is 9.50. The molecule has 0 amide bonds. The van der Waals surface area contributed by atoms with Gasteiger partial charge in [-0.2, -0.15) is 0 Å². The molecule has 1 aromatic heterocycles. The van der Waals surface area contributed by atoms with E-state index in [-0.39, 0.29) is 6.04 Å². The molecule has 8 heteroatoms. The Bertz CT molecular complexity index is 764. The first-order valence-corrected chi connectivity index (χ1v) is 10.8. The molecule has 1 aliphatic rings. The molecule has 1 fully saturated rings. The first kappa shape index (κ1) is 22.6. The number of hydrogen-bond acceptors (Lipinski definition) is 5. The number of nitrogens with one attached hydrogen (secondary N) is 2. The molecule has 1 atom stereocenters. The van der Waals surface area contributed by atoms with Crippen molar-refractivity contribution < 1.29 is 13.9 Å². The average molecular weight is 435 g/mol. The van der Waals surface area contributed by atoms with Crippen LogP contribution in [0.2, 0.25) is 5.02 Å². The standard InChI is InChI=1S/C22H31ClN4O3/c1-24-22(25-8-4-11-29-17-20-7-3-12-30-20)26-16-21(27-9-13-28-14-10-27)18-5-2-6-19(23)15-18/h2-3,5-7,12,15,21H,4,8-11,13-14,16-17H2,1H3,(H2,24,25,26). The minimum Gasteiger partial charge on any atom is -0.467 e. The van der Waals surface area contributed by atoms with E-state index in [1.165, 1.54) is 5.56 Å². The highest BCUT2D eigenvalue weighted by Crippen LogP contribution is 2.23. The topological polar surface area (TPSA) is 71.3 Å². The van der Waals surface area contributed by atoms with Crippen molar-refractivity contribution in [3.05, 3.63) is 59.0 Å². The lowest BCUT2D eigenvalue weighted by molar-refractivity contribution is 0.0170. The Morgan fingerprint density at radius 1 is 1.23 bits per heavy atom. The summed E-state index contributed by atoms with van der Waals surface area (Å²) in [4.78, 5) is 6.77. The van der Waals surface area contributed by atoms with Crippen molar-refractivity contribution >= 4 is 17.6 Å². The lowest BCUT2D eigenvalue weighted by Gasteiger charge is -2.35. The average Bonchev–Trinajstić information content (AvgIpc) is 3.29. The van der Waals surface area contributed by atoms with Gasteiger partial charge in [0.05, 0.1) is 25.5 Å². The normalized spacial score (nSPS) is 16.4. The molecular weight excluding hydrogens is 404 g/mol. The number of guanidine groups is 1. The third-order valence-corrected chi connectivity index (χ3v) is 5.22. The smallest absolute Gasteiger partial charge is 0.191 e. The first-order chi connectivity index (χ1) is 14.8. The van der Waals surface area contributed by atoms with E-state index in [9.17, 15) is 0 Å². The molecule has 0 aliphatic carbocycles. The molecule has 2 heterocycles. The second-order valence-electron chi connectivity index (χ2n) is 7.08. The lowest BCUT2D eigenvalue weighted by Crippen LogP contribution is -2.46. The fraction of sp³-hybridized carbons (Fsp3) is 0.500. The molecule has 1 aromatic carbocycles. The van der Waals surface area contributed by atoms with E-state index >= 15 is 0 Å². The number of morpholine rings is 1. The number of nitrogens with zero attached hydrogens (tertiary/aromatic N) is 2. The van der Waals surface area contributed by atoms with Crippen LogP contribution in [0.4, 0.5) is 0 Å². The van der Waals surface area contributed by atoms with Gasteiger partial charge in [-0.25, -0.2) is 0 Å². The van der Waals surface area contributed by atoms with Crippen molar-refractivity contribution in [3.8, 4) is 0 Å². The largest absolute Gasteiger partial charge is 0.467 e. The fourth-order valence-electron chi connectivity index (χ4n) is 3.42. The molecule has 7 nitrogen and oxygen atoms in total. The maximum absolute atomic E-state index is 6.24. The number of rotatable bonds is 10. The van der Waals surface area contributed by atoms with Gasteiger partial charge < -0.3 is 24.5 Å². The van der Waals surface area contributed by atoms with Crippen LogP contribution in [0.1, 0.15) is 23.8 Å². The Balaban J connectivity index is 1.44. The Morgan fingerprint density at radius 2 is 2.10 bits per heavy atom. The monoisotopic (exact) mass is 434 g/mol. The van der Waals surface area contributed by atoms with Crippen LogP contribution in [0.25, 0.3) is 0 Å². The van der Waals surface area contributed by atoms with E-state index in [0.717, 1.165) is 62.6 Å². The zero-order chi connectivity index (χ0) is 21.0. The second-order valence-corrected chi connectivity index (χ2v) is 7.52. The van der Waals surface area contributed by atoms with Gasteiger partial charge in [-0.05, 0) is 36.2 Å². The highest BCUT2D eigenvalue weighted by molar-refractivity contribution is 6.30. The Labute approximate surface area is 183 Å². The van der Waals surface area contributed by atoms with Crippen LogP contribution in [-0.4, -0.2) is 63.9 Å². The quantitative estimate of drug-likeness (QED) is 0.340. The Morgan fingerprint density at radius 3 is 2.83 bits per heavy atom. The van der Waals surface area contributed by atoms with Gasteiger partial charge in [-0.15, -0.1) is 0 Å². The molecule has 0 radical (unpaired) electrons. The van der Waals surface area contributed by atoms with Gasteiger partial charge in [0.1, 0.15) is 12.4 Å². The number of hydrogen-bond donors (Lipinski definition) is 2. The van der Waals surface area contributed by atoms with Crippen molar-refractivity contribution in [1.29, 1.82) is 0 Å². The first-order valence-electron chi connectivity index (χ1n) is 10.4. The maximum atomic E-state index is 6.24. The van der Waals surface area contributed by atoms with E-state index in [0.29, 0.717) is 13.2 Å². The molecule has 30 heavy (non-hydrogen) atoms. The van der Waals surface area contributed by atoms with Crippen molar-refractivity contribution in [2.24, 2.45) is 4.99 Å². The van der Waals surface area contributed by atoms with Crippen LogP contribution < -0.4 is 10.6 Å². The summed E-state index contributed by atoms with van der Waals surface area (Å²) in [5.41, 5.74) is 1.19. The van der Waals surface area contributed by atoms with Gasteiger partial charge in [-0.1, -0.05) is 23.7 Å². The van der Waals surface area contributed by atoms with E-state index in [1.807, 2.05) is 30.3 Å². The summed E-state index contributed by atoms with van der Waals surface area (Å²) in [5, 5.41) is 7.56. The van der Waals surface area contributed by atoms with E-state index < -0.39 is 0 Å². The number of aliphatic imine (C=N–C) groups is 1. The molecule has 2 N–H and O–H groups in total. The summed E-state index contributed by atoms with van der Waals surface area (Å²) in [6, 6.07) is 12.0. The van der Waals surface area contributed by atoms with Gasteiger partial charge in [0.2, 0.25) is 0 Å². The summed E-state index contributed by atoms with van der Waals surface area (Å²) in [6.45, 7) is 5.97. The van der Waals surface area contributed by atoms with Gasteiger partial charge in [0.25, 0.3) is 0 Å². The van der Waals surface area contributed by atoms with Crippen molar-refractivity contribution in [1.82, 2.24) is 15.5 Å². The van der Waals surface area contributed by atoms with Crippen LogP contribution in [0.5, 0.6) is 0 Å². The minimum absolute atomic E-state index is 0.197. The number of halogens is 1. The van der Waals surface area contributed by atoms with Crippen LogP contribution in [-0.2, 0) is 16.1 Å². The molecule has 164 valence electrons. The summed E-state index contributed by atoms with van der Waals surface area (Å²) in [5.74, 6) is 1.62. The lowest BCUT2D eigenvalue weighted by atomic mass is 10.0. The van der Waals surface area contributed by atoms with Gasteiger partial charge in [0, 0.05) is 44.9 Å². The van der Waals surface area contributed by atoms with Gasteiger partial charge >= 0.3 is 0 Å². The van der Waals surface area contributed by atoms with Crippen LogP contribution >= 0.6 is 11.6 Å². The van der Waals surface area contributed by atoms with E-state index in [1.54, 1.807) is 13.3 Å². The summed E-state index contributed by atoms with van der Waals surface area (Å²) in [6.07, 6.45) is 2.53. The minimum atomic E-state index is 0.197.